The van der Waals surface area contributed by atoms with Crippen LogP contribution in [-0.4, -0.2) is 48.7 Å². The fourth-order valence-electron chi connectivity index (χ4n) is 4.12. The number of anilines is 1. The molecular formula is C24H24N4O3. The van der Waals surface area contributed by atoms with E-state index in [0.29, 0.717) is 43.2 Å². The first-order chi connectivity index (χ1) is 14.9. The quantitative estimate of drug-likeness (QED) is 0.656. The summed E-state index contributed by atoms with van der Waals surface area (Å²) in [6.45, 7) is 4.11. The van der Waals surface area contributed by atoms with E-state index in [1.165, 1.54) is 4.57 Å². The molecule has 3 aromatic rings. The highest BCUT2D eigenvalue weighted by Gasteiger charge is 2.26. The van der Waals surface area contributed by atoms with Crippen LogP contribution in [0.15, 0.2) is 47.3 Å². The van der Waals surface area contributed by atoms with Crippen LogP contribution in [0, 0.1) is 18.3 Å². The third-order valence-corrected chi connectivity index (χ3v) is 5.86. The van der Waals surface area contributed by atoms with Crippen molar-refractivity contribution in [3.05, 3.63) is 69.5 Å². The molecule has 0 unspecified atom stereocenters. The smallest absolute Gasteiger partial charge is 0.270 e. The SMILES string of the molecule is COc1ccc(C(=O)N2CCN(c3c(C#N)c(=O)n(C)c4ccc(C)cc34)CC2)cc1. The van der Waals surface area contributed by atoms with Gasteiger partial charge >= 0.3 is 0 Å². The summed E-state index contributed by atoms with van der Waals surface area (Å²) in [5, 5.41) is 10.6. The van der Waals surface area contributed by atoms with Gasteiger partial charge in [0.15, 0.2) is 0 Å². The van der Waals surface area contributed by atoms with Gasteiger partial charge < -0.3 is 19.1 Å². The van der Waals surface area contributed by atoms with Crippen molar-refractivity contribution in [3.8, 4) is 11.8 Å². The first-order valence-corrected chi connectivity index (χ1v) is 10.2. The summed E-state index contributed by atoms with van der Waals surface area (Å²) < 4.78 is 6.68. The van der Waals surface area contributed by atoms with Crippen molar-refractivity contribution in [2.24, 2.45) is 7.05 Å². The molecule has 1 fully saturated rings. The Morgan fingerprint density at radius 3 is 2.35 bits per heavy atom. The summed E-state index contributed by atoms with van der Waals surface area (Å²) in [6, 6.07) is 15.1. The molecule has 0 saturated carbocycles. The molecular weight excluding hydrogens is 392 g/mol. The van der Waals surface area contributed by atoms with E-state index in [1.807, 2.05) is 25.1 Å². The Morgan fingerprint density at radius 2 is 1.74 bits per heavy atom. The fourth-order valence-corrected chi connectivity index (χ4v) is 4.12. The van der Waals surface area contributed by atoms with Crippen molar-refractivity contribution in [2.45, 2.75) is 6.92 Å². The van der Waals surface area contributed by atoms with Crippen LogP contribution in [0.25, 0.3) is 10.9 Å². The lowest BCUT2D eigenvalue weighted by atomic mass is 10.0. The van der Waals surface area contributed by atoms with Gasteiger partial charge in [0.1, 0.15) is 17.4 Å². The van der Waals surface area contributed by atoms with Crippen LogP contribution in [0.3, 0.4) is 0 Å². The summed E-state index contributed by atoms with van der Waals surface area (Å²) in [6.07, 6.45) is 0. The molecule has 1 amide bonds. The first kappa shape index (κ1) is 20.5. The number of carbonyl (C=O) groups is 1. The van der Waals surface area contributed by atoms with Crippen LogP contribution in [0.2, 0.25) is 0 Å². The first-order valence-electron chi connectivity index (χ1n) is 10.2. The number of ether oxygens (including phenoxy) is 1. The second kappa shape index (κ2) is 8.15. The number of hydrogen-bond donors (Lipinski definition) is 0. The molecule has 2 heterocycles. The predicted molar refractivity (Wildman–Crippen MR) is 120 cm³/mol. The summed E-state index contributed by atoms with van der Waals surface area (Å²) in [5.74, 6) is 0.672. The van der Waals surface area contributed by atoms with Crippen molar-refractivity contribution in [1.82, 2.24) is 9.47 Å². The van der Waals surface area contributed by atoms with E-state index in [2.05, 4.69) is 11.0 Å². The number of nitrogens with zero attached hydrogens (tertiary/aromatic N) is 4. The number of rotatable bonds is 3. The summed E-state index contributed by atoms with van der Waals surface area (Å²) in [5.41, 5.74) is 2.98. The molecule has 1 saturated heterocycles. The van der Waals surface area contributed by atoms with Crippen LogP contribution in [0.4, 0.5) is 5.69 Å². The summed E-state index contributed by atoms with van der Waals surface area (Å²) in [7, 11) is 3.28. The zero-order valence-corrected chi connectivity index (χ0v) is 17.9. The molecule has 4 rings (SSSR count). The minimum absolute atomic E-state index is 0.0347. The Morgan fingerprint density at radius 1 is 1.06 bits per heavy atom. The molecule has 7 heteroatoms. The van der Waals surface area contributed by atoms with Gasteiger partial charge in [0, 0.05) is 44.2 Å². The molecule has 7 nitrogen and oxygen atoms in total. The van der Waals surface area contributed by atoms with Crippen LogP contribution in [-0.2, 0) is 7.05 Å². The second-order valence-electron chi connectivity index (χ2n) is 7.73. The van der Waals surface area contributed by atoms with Crippen molar-refractivity contribution in [3.63, 3.8) is 0 Å². The molecule has 0 aliphatic carbocycles. The third kappa shape index (κ3) is 3.61. The lowest BCUT2D eigenvalue weighted by Gasteiger charge is -2.37. The molecule has 0 N–H and O–H groups in total. The molecule has 0 spiro atoms. The molecule has 1 aromatic heterocycles. The number of benzene rings is 2. The molecule has 158 valence electrons. The van der Waals surface area contributed by atoms with E-state index in [0.717, 1.165) is 16.5 Å². The highest BCUT2D eigenvalue weighted by Crippen LogP contribution is 2.30. The topological polar surface area (TPSA) is 78.6 Å². The van der Waals surface area contributed by atoms with Crippen LogP contribution in [0.5, 0.6) is 5.75 Å². The minimum Gasteiger partial charge on any atom is -0.497 e. The largest absolute Gasteiger partial charge is 0.497 e. The Labute approximate surface area is 180 Å². The fraction of sp³-hybridized carbons (Fsp3) is 0.292. The number of aryl methyl sites for hydroxylation is 2. The lowest BCUT2D eigenvalue weighted by molar-refractivity contribution is 0.0747. The van der Waals surface area contributed by atoms with Gasteiger partial charge in [-0.1, -0.05) is 11.6 Å². The van der Waals surface area contributed by atoms with Gasteiger partial charge in [0.2, 0.25) is 0 Å². The van der Waals surface area contributed by atoms with Crippen LogP contribution < -0.4 is 15.2 Å². The van der Waals surface area contributed by atoms with E-state index in [9.17, 15) is 14.9 Å². The molecule has 0 atom stereocenters. The van der Waals surface area contributed by atoms with Crippen LogP contribution in [0.1, 0.15) is 21.5 Å². The van der Waals surface area contributed by atoms with Gasteiger partial charge in [-0.25, -0.2) is 0 Å². The van der Waals surface area contributed by atoms with Crippen LogP contribution >= 0.6 is 0 Å². The summed E-state index contributed by atoms with van der Waals surface area (Å²) in [4.78, 5) is 29.6. The number of hydrogen-bond acceptors (Lipinski definition) is 5. The van der Waals surface area contributed by atoms with E-state index < -0.39 is 0 Å². The van der Waals surface area contributed by atoms with Gasteiger partial charge in [0.05, 0.1) is 18.3 Å². The van der Waals surface area contributed by atoms with E-state index in [4.69, 9.17) is 4.74 Å². The highest BCUT2D eigenvalue weighted by molar-refractivity contribution is 5.96. The third-order valence-electron chi connectivity index (χ3n) is 5.86. The Hall–Kier alpha value is -3.79. The number of amides is 1. The average molecular weight is 416 g/mol. The number of nitriles is 1. The van der Waals surface area contributed by atoms with Crippen molar-refractivity contribution in [2.75, 3.05) is 38.2 Å². The number of aromatic nitrogens is 1. The Balaban J connectivity index is 1.63. The Bertz CT molecular complexity index is 1250. The standard InChI is InChI=1S/C24H24N4O3/c1-16-4-9-21-19(14-16)22(20(15-25)24(30)26(21)2)27-10-12-28(13-11-27)23(29)17-5-7-18(31-3)8-6-17/h4-9,14H,10-13H2,1-3H3. The highest BCUT2D eigenvalue weighted by atomic mass is 16.5. The second-order valence-corrected chi connectivity index (χ2v) is 7.73. The Kier molecular flexibility index (Phi) is 5.38. The monoisotopic (exact) mass is 416 g/mol. The van der Waals surface area contributed by atoms with Gasteiger partial charge in [-0.05, 0) is 43.3 Å². The van der Waals surface area contributed by atoms with E-state index >= 15 is 0 Å². The average Bonchev–Trinajstić information content (AvgIpc) is 2.81. The molecule has 2 aromatic carbocycles. The number of fused-ring (bicyclic) bond motifs is 1. The molecule has 1 aliphatic rings. The van der Waals surface area contributed by atoms with Gasteiger partial charge in [-0.3, -0.25) is 9.59 Å². The normalized spacial score (nSPS) is 13.9. The molecule has 31 heavy (non-hydrogen) atoms. The number of carbonyl (C=O) groups excluding carboxylic acids is 1. The van der Waals surface area contributed by atoms with E-state index in [1.54, 1.807) is 43.3 Å². The van der Waals surface area contributed by atoms with Crippen molar-refractivity contribution < 1.29 is 9.53 Å². The minimum atomic E-state index is -0.300. The zero-order valence-electron chi connectivity index (χ0n) is 17.9. The molecule has 0 radical (unpaired) electrons. The van der Waals surface area contributed by atoms with Gasteiger partial charge in [-0.15, -0.1) is 0 Å². The maximum atomic E-state index is 12.9. The molecule has 1 aliphatic heterocycles. The van der Waals surface area contributed by atoms with E-state index in [-0.39, 0.29) is 17.0 Å². The van der Waals surface area contributed by atoms with Crippen molar-refractivity contribution in [1.29, 1.82) is 5.26 Å². The van der Waals surface area contributed by atoms with Crippen molar-refractivity contribution >= 4 is 22.5 Å². The maximum absolute atomic E-state index is 12.9. The van der Waals surface area contributed by atoms with Gasteiger partial charge in [0.25, 0.3) is 11.5 Å². The number of methoxy groups -OCH3 is 1. The zero-order chi connectivity index (χ0) is 22.1. The number of pyridine rings is 1. The summed E-state index contributed by atoms with van der Waals surface area (Å²) >= 11 is 0. The maximum Gasteiger partial charge on any atom is 0.270 e. The lowest BCUT2D eigenvalue weighted by Crippen LogP contribution is -2.49. The molecule has 0 bridgehead atoms. The predicted octanol–water partition coefficient (Wildman–Crippen LogP) is 2.69. The van der Waals surface area contributed by atoms with Gasteiger partial charge in [-0.2, -0.15) is 5.26 Å². The number of piperazine rings is 1.